The van der Waals surface area contributed by atoms with E-state index in [1.165, 1.54) is 81.2 Å². The van der Waals surface area contributed by atoms with Gasteiger partial charge in [-0.25, -0.2) is 9.18 Å². The van der Waals surface area contributed by atoms with Crippen molar-refractivity contribution in [3.05, 3.63) is 77.6 Å². The van der Waals surface area contributed by atoms with Gasteiger partial charge in [-0.2, -0.15) is 0 Å². The van der Waals surface area contributed by atoms with E-state index in [1.807, 2.05) is 12.1 Å². The van der Waals surface area contributed by atoms with Crippen LogP contribution in [0.25, 0.3) is 0 Å². The number of hydrogen-bond acceptors (Lipinski definition) is 2. The summed E-state index contributed by atoms with van der Waals surface area (Å²) in [6, 6.07) is 13.4. The Hall–Kier alpha value is -2.42. The summed E-state index contributed by atoms with van der Waals surface area (Å²) < 4.78 is 18.4. The Morgan fingerprint density at radius 2 is 1.68 bits per heavy atom. The van der Waals surface area contributed by atoms with Gasteiger partial charge in [-0.05, 0) is 118 Å². The lowest BCUT2D eigenvalue weighted by molar-refractivity contribution is 0.0734. The Labute approximate surface area is 185 Å². The van der Waals surface area contributed by atoms with Crippen molar-refractivity contribution in [2.24, 2.45) is 17.8 Å². The van der Waals surface area contributed by atoms with Gasteiger partial charge in [0.1, 0.15) is 11.6 Å². The highest BCUT2D eigenvalue weighted by Crippen LogP contribution is 2.48. The fourth-order valence-electron chi connectivity index (χ4n) is 5.61. The van der Waals surface area contributed by atoms with E-state index < -0.39 is 5.97 Å². The van der Waals surface area contributed by atoms with E-state index in [9.17, 15) is 9.18 Å². The minimum absolute atomic E-state index is 0.346. The number of hydrogen-bond donors (Lipinski definition) is 0. The quantitative estimate of drug-likeness (QED) is 0.272. The highest BCUT2D eigenvalue weighted by Gasteiger charge is 2.35. The number of allylic oxidation sites excluding steroid dienone is 2. The topological polar surface area (TPSA) is 26.3 Å². The minimum atomic E-state index is -0.405. The largest absolute Gasteiger partial charge is 0.423 e. The Bertz CT molecular complexity index is 884. The normalized spacial score (nSPS) is 25.9. The summed E-state index contributed by atoms with van der Waals surface area (Å²) in [7, 11) is 0. The molecule has 2 fully saturated rings. The first-order chi connectivity index (χ1) is 15.1. The third-order valence-corrected chi connectivity index (χ3v) is 7.34. The van der Waals surface area contributed by atoms with Crippen molar-refractivity contribution < 1.29 is 13.9 Å². The van der Waals surface area contributed by atoms with Crippen LogP contribution in [0.3, 0.4) is 0 Å². The van der Waals surface area contributed by atoms with E-state index in [0.29, 0.717) is 17.2 Å². The lowest BCUT2D eigenvalue weighted by Crippen LogP contribution is -2.30. The van der Waals surface area contributed by atoms with Gasteiger partial charge in [0.25, 0.3) is 0 Å². The monoisotopic (exact) mass is 420 g/mol. The first kappa shape index (κ1) is 21.8. The maximum absolute atomic E-state index is 13.0. The highest BCUT2D eigenvalue weighted by molar-refractivity contribution is 5.91. The van der Waals surface area contributed by atoms with Crippen LogP contribution in [0.1, 0.15) is 80.1 Å². The Balaban J connectivity index is 1.31. The smallest absolute Gasteiger partial charge is 0.343 e. The standard InChI is InChI=1S/C28H33FO2/c1-2-3-4-5-20-6-7-25-19-24(13-12-23(25)18-20)21-8-10-22(11-9-21)28(30)31-27-16-14-26(29)15-17-27/h2-3,8-11,14-17,20,23-25H,4-7,12-13,18-19H2,1H3/b3-2+. The van der Waals surface area contributed by atoms with Crippen molar-refractivity contribution in [1.29, 1.82) is 0 Å². The average Bonchev–Trinajstić information content (AvgIpc) is 2.80. The molecule has 0 amide bonds. The first-order valence-electron chi connectivity index (χ1n) is 11.8. The van der Waals surface area contributed by atoms with Crippen molar-refractivity contribution in [3.8, 4) is 5.75 Å². The molecule has 3 heteroatoms. The number of esters is 1. The lowest BCUT2D eigenvalue weighted by Gasteiger charge is -2.42. The van der Waals surface area contributed by atoms with E-state index in [0.717, 1.165) is 17.8 Å². The predicted molar refractivity (Wildman–Crippen MR) is 123 cm³/mol. The SMILES string of the molecule is C/C=C/CCC1CCC2CC(c3ccc(C(=O)Oc4ccc(F)cc4)cc3)CCC2C1. The fraction of sp³-hybridized carbons (Fsp3) is 0.464. The molecule has 2 aromatic rings. The summed E-state index contributed by atoms with van der Waals surface area (Å²) in [6.07, 6.45) is 15.1. The summed E-state index contributed by atoms with van der Waals surface area (Å²) in [4.78, 5) is 12.4. The molecule has 0 aromatic heterocycles. The summed E-state index contributed by atoms with van der Waals surface area (Å²) >= 11 is 0. The molecule has 2 saturated carbocycles. The van der Waals surface area contributed by atoms with Crippen molar-refractivity contribution in [2.75, 3.05) is 0 Å². The molecule has 31 heavy (non-hydrogen) atoms. The van der Waals surface area contributed by atoms with Crippen LogP contribution in [-0.2, 0) is 0 Å². The van der Waals surface area contributed by atoms with Gasteiger partial charge < -0.3 is 4.74 Å². The van der Waals surface area contributed by atoms with Crippen LogP contribution in [0, 0.1) is 23.6 Å². The maximum atomic E-state index is 13.0. The first-order valence-corrected chi connectivity index (χ1v) is 11.8. The molecule has 2 aliphatic carbocycles. The van der Waals surface area contributed by atoms with Crippen LogP contribution in [0.5, 0.6) is 5.75 Å². The maximum Gasteiger partial charge on any atom is 0.343 e. The van der Waals surface area contributed by atoms with Crippen molar-refractivity contribution in [2.45, 2.75) is 64.2 Å². The molecule has 0 radical (unpaired) electrons. The van der Waals surface area contributed by atoms with Gasteiger partial charge in [0.15, 0.2) is 0 Å². The van der Waals surface area contributed by atoms with Gasteiger partial charge in [0.05, 0.1) is 5.56 Å². The number of rotatable bonds is 6. The summed E-state index contributed by atoms with van der Waals surface area (Å²) in [5, 5.41) is 0. The van der Waals surface area contributed by atoms with Gasteiger partial charge in [-0.1, -0.05) is 30.7 Å². The molecule has 0 heterocycles. The lowest BCUT2D eigenvalue weighted by atomic mass is 9.63. The molecule has 164 valence electrons. The van der Waals surface area contributed by atoms with Crippen LogP contribution in [0.15, 0.2) is 60.7 Å². The molecular weight excluding hydrogens is 387 g/mol. The number of fused-ring (bicyclic) bond motifs is 1. The third kappa shape index (κ3) is 5.64. The molecule has 0 aliphatic heterocycles. The summed E-state index contributed by atoms with van der Waals surface area (Å²) in [6.45, 7) is 2.11. The second kappa shape index (κ2) is 10.3. The second-order valence-electron chi connectivity index (χ2n) is 9.32. The molecule has 0 spiro atoms. The summed E-state index contributed by atoms with van der Waals surface area (Å²) in [5.41, 5.74) is 1.87. The highest BCUT2D eigenvalue weighted by atomic mass is 19.1. The molecule has 0 N–H and O–H groups in total. The van der Waals surface area contributed by atoms with Crippen molar-refractivity contribution in [1.82, 2.24) is 0 Å². The number of carbonyl (C=O) groups excluding carboxylic acids is 1. The van der Waals surface area contributed by atoms with E-state index in [4.69, 9.17) is 4.74 Å². The van der Waals surface area contributed by atoms with E-state index >= 15 is 0 Å². The van der Waals surface area contributed by atoms with Gasteiger partial charge in [0, 0.05) is 0 Å². The third-order valence-electron chi connectivity index (χ3n) is 7.34. The molecule has 0 saturated heterocycles. The van der Waals surface area contributed by atoms with E-state index in [-0.39, 0.29) is 5.82 Å². The van der Waals surface area contributed by atoms with E-state index in [1.54, 1.807) is 0 Å². The van der Waals surface area contributed by atoms with Crippen LogP contribution in [0.2, 0.25) is 0 Å². The Morgan fingerprint density at radius 1 is 0.968 bits per heavy atom. The number of benzene rings is 2. The van der Waals surface area contributed by atoms with Gasteiger partial charge in [-0.3, -0.25) is 0 Å². The van der Waals surface area contributed by atoms with E-state index in [2.05, 4.69) is 31.2 Å². The van der Waals surface area contributed by atoms with Gasteiger partial charge in [0.2, 0.25) is 0 Å². The number of ether oxygens (including phenoxy) is 1. The van der Waals surface area contributed by atoms with Gasteiger partial charge in [-0.15, -0.1) is 0 Å². The molecule has 4 atom stereocenters. The molecule has 2 aliphatic rings. The molecule has 4 rings (SSSR count). The van der Waals surface area contributed by atoms with Crippen LogP contribution in [-0.4, -0.2) is 5.97 Å². The zero-order valence-corrected chi connectivity index (χ0v) is 18.4. The van der Waals surface area contributed by atoms with Crippen molar-refractivity contribution >= 4 is 5.97 Å². The predicted octanol–water partition coefficient (Wildman–Crippen LogP) is 7.70. The molecule has 2 nitrogen and oxygen atoms in total. The Morgan fingerprint density at radius 3 is 2.42 bits per heavy atom. The molecule has 4 unspecified atom stereocenters. The molecule has 2 aromatic carbocycles. The molecule has 0 bridgehead atoms. The number of carbonyl (C=O) groups is 1. The minimum Gasteiger partial charge on any atom is -0.423 e. The fourth-order valence-corrected chi connectivity index (χ4v) is 5.61. The number of halogens is 1. The van der Waals surface area contributed by atoms with Crippen molar-refractivity contribution in [3.63, 3.8) is 0 Å². The molecular formula is C28H33FO2. The summed E-state index contributed by atoms with van der Waals surface area (Å²) in [5.74, 6) is 2.89. The van der Waals surface area contributed by atoms with Crippen LogP contribution in [0.4, 0.5) is 4.39 Å². The average molecular weight is 421 g/mol. The zero-order chi connectivity index (χ0) is 21.6. The van der Waals surface area contributed by atoms with Gasteiger partial charge >= 0.3 is 5.97 Å². The zero-order valence-electron chi connectivity index (χ0n) is 18.4. The van der Waals surface area contributed by atoms with Crippen LogP contribution < -0.4 is 4.74 Å². The Kier molecular flexibility index (Phi) is 7.21. The van der Waals surface area contributed by atoms with Crippen LogP contribution >= 0.6 is 0 Å². The second-order valence-corrected chi connectivity index (χ2v) is 9.32.